The Labute approximate surface area is 129 Å². The van der Waals surface area contributed by atoms with Crippen molar-refractivity contribution >= 4 is 23.3 Å². The average molecular weight is 295 g/mol. The molecule has 0 bridgehead atoms. The van der Waals surface area contributed by atoms with E-state index >= 15 is 0 Å². The summed E-state index contributed by atoms with van der Waals surface area (Å²) in [6.45, 7) is 12.1. The molecule has 0 saturated carbocycles. The van der Waals surface area contributed by atoms with Gasteiger partial charge in [0.2, 0.25) is 0 Å². The van der Waals surface area contributed by atoms with Crippen LogP contribution in [0.1, 0.15) is 52.6 Å². The molecule has 0 saturated heterocycles. The van der Waals surface area contributed by atoms with Gasteiger partial charge in [-0.2, -0.15) is 0 Å². The third-order valence-electron chi connectivity index (χ3n) is 4.02. The highest BCUT2D eigenvalue weighted by Crippen LogP contribution is 2.25. The molecule has 20 heavy (non-hydrogen) atoms. The second-order valence-electron chi connectivity index (χ2n) is 6.26. The van der Waals surface area contributed by atoms with Crippen LogP contribution in [0.25, 0.3) is 10.9 Å². The molecule has 1 N–H and O–H groups in total. The summed E-state index contributed by atoms with van der Waals surface area (Å²) in [6.07, 6.45) is 3.43. The van der Waals surface area contributed by atoms with Crippen LogP contribution in [-0.4, -0.2) is 10.1 Å². The van der Waals surface area contributed by atoms with E-state index in [4.69, 9.17) is 0 Å². The molecule has 1 heterocycles. The van der Waals surface area contributed by atoms with Gasteiger partial charge in [-0.25, -0.2) is 0 Å². The van der Waals surface area contributed by atoms with Crippen LogP contribution in [0.3, 0.4) is 0 Å². The zero-order valence-electron chi connectivity index (χ0n) is 13.2. The molecule has 0 spiro atoms. The van der Waals surface area contributed by atoms with Gasteiger partial charge in [-0.15, -0.1) is 12.4 Å². The van der Waals surface area contributed by atoms with Crippen LogP contribution in [-0.2, 0) is 6.54 Å². The van der Waals surface area contributed by atoms with E-state index in [1.54, 1.807) is 0 Å². The van der Waals surface area contributed by atoms with E-state index in [9.17, 15) is 0 Å². The fourth-order valence-electron chi connectivity index (χ4n) is 2.30. The third-order valence-corrected chi connectivity index (χ3v) is 4.02. The lowest BCUT2D eigenvalue weighted by Crippen LogP contribution is -2.37. The summed E-state index contributed by atoms with van der Waals surface area (Å²) in [7, 11) is 0. The summed E-state index contributed by atoms with van der Waals surface area (Å²) in [5.74, 6) is 0. The molecule has 0 amide bonds. The summed E-state index contributed by atoms with van der Waals surface area (Å²) in [4.78, 5) is 0. The predicted octanol–water partition coefficient (Wildman–Crippen LogP) is 4.92. The van der Waals surface area contributed by atoms with Gasteiger partial charge in [0.15, 0.2) is 0 Å². The minimum atomic E-state index is 0. The fourth-order valence-corrected chi connectivity index (χ4v) is 2.30. The maximum absolute atomic E-state index is 3.66. The van der Waals surface area contributed by atoms with Crippen molar-refractivity contribution < 1.29 is 0 Å². The first kappa shape index (κ1) is 17.1. The van der Waals surface area contributed by atoms with E-state index in [1.165, 1.54) is 16.5 Å². The van der Waals surface area contributed by atoms with Gasteiger partial charge in [-0.05, 0) is 45.7 Å². The number of hydrogen-bond donors (Lipinski definition) is 1. The number of benzene rings is 1. The quantitative estimate of drug-likeness (QED) is 0.828. The monoisotopic (exact) mass is 294 g/mol. The third kappa shape index (κ3) is 3.56. The van der Waals surface area contributed by atoms with E-state index in [-0.39, 0.29) is 17.9 Å². The van der Waals surface area contributed by atoms with Crippen molar-refractivity contribution in [3.63, 3.8) is 0 Å². The van der Waals surface area contributed by atoms with Gasteiger partial charge in [-0.1, -0.05) is 25.1 Å². The standard InChI is InChI=1S/C17H26N2.ClH/c1-6-17(4,5)18-11-14-12-19(13(2)3)16-10-8-7-9-15(14)16;/h7-10,12-13,18H,6,11H2,1-5H3;1H. The number of nitrogens with zero attached hydrogens (tertiary/aromatic N) is 1. The van der Waals surface area contributed by atoms with Crippen molar-refractivity contribution in [2.45, 2.75) is 59.2 Å². The molecule has 1 aromatic carbocycles. The lowest BCUT2D eigenvalue weighted by Gasteiger charge is -2.24. The van der Waals surface area contributed by atoms with Gasteiger partial charge < -0.3 is 9.88 Å². The lowest BCUT2D eigenvalue weighted by molar-refractivity contribution is 0.375. The molecule has 2 aromatic rings. The first-order valence-electron chi connectivity index (χ1n) is 7.28. The van der Waals surface area contributed by atoms with Crippen LogP contribution in [0.5, 0.6) is 0 Å². The summed E-state index contributed by atoms with van der Waals surface area (Å²) in [5.41, 5.74) is 2.93. The Morgan fingerprint density at radius 3 is 2.45 bits per heavy atom. The van der Waals surface area contributed by atoms with E-state index in [2.05, 4.69) is 75.0 Å². The molecule has 2 rings (SSSR count). The number of aromatic nitrogens is 1. The topological polar surface area (TPSA) is 17.0 Å². The minimum absolute atomic E-state index is 0. The number of halogens is 1. The number of rotatable bonds is 5. The van der Waals surface area contributed by atoms with Crippen LogP contribution in [0.4, 0.5) is 0 Å². The molecule has 2 nitrogen and oxygen atoms in total. The van der Waals surface area contributed by atoms with E-state index in [1.807, 2.05) is 0 Å². The van der Waals surface area contributed by atoms with Gasteiger partial charge >= 0.3 is 0 Å². The van der Waals surface area contributed by atoms with Crippen molar-refractivity contribution in [3.05, 3.63) is 36.0 Å². The Hall–Kier alpha value is -0.990. The summed E-state index contributed by atoms with van der Waals surface area (Å²) < 4.78 is 2.37. The molecule has 0 radical (unpaired) electrons. The first-order chi connectivity index (χ1) is 8.94. The van der Waals surface area contributed by atoms with Crippen molar-refractivity contribution in [2.24, 2.45) is 0 Å². The number of hydrogen-bond acceptors (Lipinski definition) is 1. The predicted molar refractivity (Wildman–Crippen MR) is 90.8 cm³/mol. The fraction of sp³-hybridized carbons (Fsp3) is 0.529. The SMILES string of the molecule is CCC(C)(C)NCc1cn(C(C)C)c2ccccc12.Cl. The summed E-state index contributed by atoms with van der Waals surface area (Å²) in [5, 5.41) is 5.03. The molecule has 0 unspecified atom stereocenters. The molecule has 0 aliphatic carbocycles. The lowest BCUT2D eigenvalue weighted by atomic mass is 10.0. The second kappa shape index (κ2) is 6.64. The number of nitrogens with one attached hydrogen (secondary N) is 1. The highest BCUT2D eigenvalue weighted by molar-refractivity contribution is 5.85. The molecule has 0 atom stereocenters. The van der Waals surface area contributed by atoms with Crippen LogP contribution >= 0.6 is 12.4 Å². The zero-order valence-corrected chi connectivity index (χ0v) is 14.1. The molecule has 3 heteroatoms. The van der Waals surface area contributed by atoms with Crippen molar-refractivity contribution in [3.8, 4) is 0 Å². The Balaban J connectivity index is 0.00000200. The summed E-state index contributed by atoms with van der Waals surface area (Å²) >= 11 is 0. The van der Waals surface area contributed by atoms with Gasteiger partial charge in [0, 0.05) is 35.2 Å². The largest absolute Gasteiger partial charge is 0.345 e. The molecule has 0 fully saturated rings. The molecular weight excluding hydrogens is 268 g/mol. The highest BCUT2D eigenvalue weighted by Gasteiger charge is 2.16. The Kier molecular flexibility index (Phi) is 5.67. The molecule has 1 aromatic heterocycles. The Morgan fingerprint density at radius 2 is 1.85 bits per heavy atom. The second-order valence-corrected chi connectivity index (χ2v) is 6.26. The minimum Gasteiger partial charge on any atom is -0.345 e. The van der Waals surface area contributed by atoms with Crippen LogP contribution in [0.15, 0.2) is 30.5 Å². The van der Waals surface area contributed by atoms with Crippen molar-refractivity contribution in [1.82, 2.24) is 9.88 Å². The number of para-hydroxylation sites is 1. The average Bonchev–Trinajstić information content (AvgIpc) is 2.76. The zero-order chi connectivity index (χ0) is 14.0. The van der Waals surface area contributed by atoms with E-state index in [0.717, 1.165) is 13.0 Å². The van der Waals surface area contributed by atoms with Crippen molar-refractivity contribution in [2.75, 3.05) is 0 Å². The van der Waals surface area contributed by atoms with Gasteiger partial charge in [0.1, 0.15) is 0 Å². The first-order valence-corrected chi connectivity index (χ1v) is 7.28. The number of fused-ring (bicyclic) bond motifs is 1. The molecular formula is C17H27ClN2. The van der Waals surface area contributed by atoms with Crippen LogP contribution < -0.4 is 5.32 Å². The maximum atomic E-state index is 3.66. The smallest absolute Gasteiger partial charge is 0.0486 e. The van der Waals surface area contributed by atoms with Gasteiger partial charge in [0.05, 0.1) is 0 Å². The summed E-state index contributed by atoms with van der Waals surface area (Å²) in [6, 6.07) is 9.18. The Bertz CT molecular complexity index is 555. The van der Waals surface area contributed by atoms with E-state index < -0.39 is 0 Å². The molecule has 0 aliphatic heterocycles. The Morgan fingerprint density at radius 1 is 1.20 bits per heavy atom. The van der Waals surface area contributed by atoms with E-state index in [0.29, 0.717) is 6.04 Å². The van der Waals surface area contributed by atoms with Gasteiger partial charge in [-0.3, -0.25) is 0 Å². The van der Waals surface area contributed by atoms with Crippen molar-refractivity contribution in [1.29, 1.82) is 0 Å². The highest BCUT2D eigenvalue weighted by atomic mass is 35.5. The van der Waals surface area contributed by atoms with Gasteiger partial charge in [0.25, 0.3) is 0 Å². The normalized spacial score (nSPS) is 11.9. The maximum Gasteiger partial charge on any atom is 0.0486 e. The van der Waals surface area contributed by atoms with Crippen LogP contribution in [0, 0.1) is 0 Å². The van der Waals surface area contributed by atoms with Crippen LogP contribution in [0.2, 0.25) is 0 Å². The molecule has 0 aliphatic rings. The molecule has 112 valence electrons.